The van der Waals surface area contributed by atoms with Gasteiger partial charge in [-0.25, -0.2) is 9.50 Å². The summed E-state index contributed by atoms with van der Waals surface area (Å²) in [5.41, 5.74) is 7.62. The summed E-state index contributed by atoms with van der Waals surface area (Å²) in [5, 5.41) is 7.94. The van der Waals surface area contributed by atoms with Crippen LogP contribution in [0.2, 0.25) is 0 Å². The number of carbonyl (C=O) groups is 1. The first-order valence-electron chi connectivity index (χ1n) is 11.9. The third-order valence-electron chi connectivity index (χ3n) is 7.42. The molecule has 0 saturated carbocycles. The molecule has 2 aliphatic rings. The summed E-state index contributed by atoms with van der Waals surface area (Å²) in [5.74, 6) is 0.525. The van der Waals surface area contributed by atoms with E-state index < -0.39 is 0 Å². The summed E-state index contributed by atoms with van der Waals surface area (Å²) in [6, 6.07) is 2.97. The Morgan fingerprint density at radius 2 is 2.12 bits per heavy atom. The number of rotatable bonds is 3. The van der Waals surface area contributed by atoms with E-state index in [1.54, 1.807) is 17.7 Å². The van der Waals surface area contributed by atoms with Crippen molar-refractivity contribution in [1.82, 2.24) is 29.8 Å². The van der Waals surface area contributed by atoms with Crippen molar-refractivity contribution in [1.29, 1.82) is 0 Å². The van der Waals surface area contributed by atoms with Gasteiger partial charge < -0.3 is 15.2 Å². The standard InChI is InChI=1S/C25H30N6OS/c1-13(2)19-21(16-10-14(3)24-27-12-28-31(24)11-16)29-20-15(4)22(33-23(19)20)25(32)30-9-5-6-17-18(30)7-8-26-17/h10-13,17-18,26,29H,5-9H2,1-4H3/t17-,18-/m0/s1. The lowest BCUT2D eigenvalue weighted by Gasteiger charge is -2.37. The number of fused-ring (bicyclic) bond motifs is 3. The highest BCUT2D eigenvalue weighted by molar-refractivity contribution is 7.21. The minimum Gasteiger partial charge on any atom is -0.353 e. The summed E-state index contributed by atoms with van der Waals surface area (Å²) < 4.78 is 3.05. The molecule has 0 bridgehead atoms. The van der Waals surface area contributed by atoms with E-state index in [9.17, 15) is 4.79 Å². The number of nitrogens with zero attached hydrogens (tertiary/aromatic N) is 4. The average molecular weight is 463 g/mol. The largest absolute Gasteiger partial charge is 0.353 e. The molecule has 8 heteroatoms. The van der Waals surface area contributed by atoms with Crippen molar-refractivity contribution in [3.05, 3.63) is 40.2 Å². The predicted octanol–water partition coefficient (Wildman–Crippen LogP) is 4.65. The van der Waals surface area contributed by atoms with E-state index in [2.05, 4.69) is 59.0 Å². The molecule has 7 nitrogen and oxygen atoms in total. The van der Waals surface area contributed by atoms with Crippen molar-refractivity contribution in [3.63, 3.8) is 0 Å². The van der Waals surface area contributed by atoms with E-state index in [-0.39, 0.29) is 5.91 Å². The molecular formula is C25H30N6OS. The third-order valence-corrected chi connectivity index (χ3v) is 8.73. The summed E-state index contributed by atoms with van der Waals surface area (Å²) in [6.45, 7) is 10.5. The summed E-state index contributed by atoms with van der Waals surface area (Å²) in [7, 11) is 0. The minimum atomic E-state index is 0.205. The van der Waals surface area contributed by atoms with Crippen molar-refractivity contribution in [2.75, 3.05) is 13.1 Å². The van der Waals surface area contributed by atoms with Crippen molar-refractivity contribution < 1.29 is 4.79 Å². The van der Waals surface area contributed by atoms with Crippen LogP contribution in [0, 0.1) is 13.8 Å². The van der Waals surface area contributed by atoms with E-state index in [1.807, 2.05) is 10.7 Å². The second kappa shape index (κ2) is 7.67. The van der Waals surface area contributed by atoms with Crippen LogP contribution < -0.4 is 5.32 Å². The number of hydrogen-bond acceptors (Lipinski definition) is 5. The van der Waals surface area contributed by atoms with Crippen LogP contribution in [0.25, 0.3) is 27.1 Å². The van der Waals surface area contributed by atoms with Gasteiger partial charge in [0.15, 0.2) is 5.65 Å². The molecular weight excluding hydrogens is 432 g/mol. The van der Waals surface area contributed by atoms with Gasteiger partial charge in [-0.2, -0.15) is 5.10 Å². The highest BCUT2D eigenvalue weighted by atomic mass is 32.1. The molecule has 1 amide bonds. The molecule has 2 aliphatic heterocycles. The van der Waals surface area contributed by atoms with Crippen LogP contribution >= 0.6 is 11.3 Å². The highest BCUT2D eigenvalue weighted by Crippen LogP contribution is 2.43. The number of nitrogens with one attached hydrogen (secondary N) is 2. The molecule has 2 saturated heterocycles. The molecule has 4 aromatic heterocycles. The molecule has 0 radical (unpaired) electrons. The number of piperidine rings is 1. The van der Waals surface area contributed by atoms with Gasteiger partial charge >= 0.3 is 0 Å². The maximum atomic E-state index is 13.7. The van der Waals surface area contributed by atoms with Gasteiger partial charge in [0.25, 0.3) is 5.91 Å². The Balaban J connectivity index is 1.45. The van der Waals surface area contributed by atoms with Crippen LogP contribution in [-0.4, -0.2) is 55.6 Å². The predicted molar refractivity (Wildman–Crippen MR) is 132 cm³/mol. The number of aromatic nitrogens is 4. The Morgan fingerprint density at radius 3 is 2.94 bits per heavy atom. The molecule has 2 fully saturated rings. The third kappa shape index (κ3) is 3.14. The maximum Gasteiger partial charge on any atom is 0.264 e. The molecule has 2 N–H and O–H groups in total. The molecule has 6 heterocycles. The monoisotopic (exact) mass is 462 g/mol. The molecule has 172 valence electrons. The summed E-state index contributed by atoms with van der Waals surface area (Å²) >= 11 is 1.66. The van der Waals surface area contributed by atoms with Gasteiger partial charge in [-0.1, -0.05) is 13.8 Å². The second-order valence-electron chi connectivity index (χ2n) is 9.83. The molecule has 0 aromatic carbocycles. The lowest BCUT2D eigenvalue weighted by molar-refractivity contribution is 0.0604. The Kier molecular flexibility index (Phi) is 4.85. The van der Waals surface area contributed by atoms with Crippen LogP contribution in [0.4, 0.5) is 0 Å². The number of pyridine rings is 1. The zero-order valence-electron chi connectivity index (χ0n) is 19.6. The first kappa shape index (κ1) is 20.9. The lowest BCUT2D eigenvalue weighted by atomic mass is 9.97. The van der Waals surface area contributed by atoms with E-state index in [1.165, 1.54) is 16.7 Å². The van der Waals surface area contributed by atoms with E-state index in [0.29, 0.717) is 18.0 Å². The van der Waals surface area contributed by atoms with Crippen molar-refractivity contribution in [2.45, 2.75) is 65.0 Å². The van der Waals surface area contributed by atoms with Crippen LogP contribution in [0.15, 0.2) is 18.6 Å². The van der Waals surface area contributed by atoms with E-state index in [0.717, 1.165) is 64.4 Å². The van der Waals surface area contributed by atoms with Crippen LogP contribution in [-0.2, 0) is 0 Å². The number of H-pyrrole nitrogens is 1. The number of aromatic amines is 1. The SMILES string of the molecule is Cc1c(C(=O)N2CCC[C@@H]3NCC[C@@H]32)sc2c(C(C)C)c(-c3cc(C)c4ncnn4c3)[nH]c12. The highest BCUT2D eigenvalue weighted by Gasteiger charge is 2.38. The molecule has 33 heavy (non-hydrogen) atoms. The Labute approximate surface area is 197 Å². The van der Waals surface area contributed by atoms with Crippen LogP contribution in [0.5, 0.6) is 0 Å². The fourth-order valence-electron chi connectivity index (χ4n) is 5.82. The van der Waals surface area contributed by atoms with Gasteiger partial charge in [0.1, 0.15) is 6.33 Å². The fourth-order valence-corrected chi connectivity index (χ4v) is 7.24. The van der Waals surface area contributed by atoms with E-state index in [4.69, 9.17) is 0 Å². The first-order valence-corrected chi connectivity index (χ1v) is 12.8. The zero-order valence-corrected chi connectivity index (χ0v) is 20.4. The average Bonchev–Trinajstić information content (AvgIpc) is 3.56. The quantitative estimate of drug-likeness (QED) is 0.465. The summed E-state index contributed by atoms with van der Waals surface area (Å²) in [4.78, 5) is 24.8. The number of hydrogen-bond donors (Lipinski definition) is 2. The molecule has 0 aliphatic carbocycles. The Hall–Kier alpha value is -2.71. The Bertz CT molecular complexity index is 1380. The van der Waals surface area contributed by atoms with Crippen LogP contribution in [0.3, 0.4) is 0 Å². The van der Waals surface area contributed by atoms with Gasteiger partial charge in [0.05, 0.1) is 20.8 Å². The molecule has 6 rings (SSSR count). The van der Waals surface area contributed by atoms with Crippen molar-refractivity contribution in [2.24, 2.45) is 0 Å². The number of likely N-dealkylation sites (tertiary alicyclic amines) is 1. The first-order chi connectivity index (χ1) is 15.9. The summed E-state index contributed by atoms with van der Waals surface area (Å²) in [6.07, 6.45) is 6.95. The smallest absolute Gasteiger partial charge is 0.264 e. The van der Waals surface area contributed by atoms with Gasteiger partial charge in [0, 0.05) is 30.4 Å². The number of aryl methyl sites for hydroxylation is 2. The van der Waals surface area contributed by atoms with Crippen LogP contribution in [0.1, 0.15) is 65.4 Å². The minimum absolute atomic E-state index is 0.205. The number of amides is 1. The van der Waals surface area contributed by atoms with Gasteiger partial charge in [-0.05, 0) is 68.3 Å². The zero-order chi connectivity index (χ0) is 22.9. The Morgan fingerprint density at radius 1 is 1.27 bits per heavy atom. The maximum absolute atomic E-state index is 13.7. The fraction of sp³-hybridized carbons (Fsp3) is 0.480. The van der Waals surface area contributed by atoms with E-state index >= 15 is 0 Å². The second-order valence-corrected chi connectivity index (χ2v) is 10.8. The molecule has 0 unspecified atom stereocenters. The number of carbonyl (C=O) groups excluding carboxylic acids is 1. The lowest BCUT2D eigenvalue weighted by Crippen LogP contribution is -2.50. The van der Waals surface area contributed by atoms with Gasteiger partial charge in [-0.3, -0.25) is 4.79 Å². The topological polar surface area (TPSA) is 78.3 Å². The van der Waals surface area contributed by atoms with Gasteiger partial charge in [0.2, 0.25) is 0 Å². The van der Waals surface area contributed by atoms with Gasteiger partial charge in [-0.15, -0.1) is 11.3 Å². The normalized spacial score (nSPS) is 20.9. The number of thiophene rings is 1. The molecule has 0 spiro atoms. The van der Waals surface area contributed by atoms with Crippen molar-refractivity contribution >= 4 is 33.1 Å². The van der Waals surface area contributed by atoms with Crippen molar-refractivity contribution in [3.8, 4) is 11.3 Å². The molecule has 2 atom stereocenters. The molecule has 4 aromatic rings.